The zero-order chi connectivity index (χ0) is 36.8. The molecule has 1 saturated heterocycles. The summed E-state index contributed by atoms with van der Waals surface area (Å²) in [6, 6.07) is 0.0914. The maximum atomic E-state index is 14.0. The van der Waals surface area contributed by atoms with Gasteiger partial charge in [0, 0.05) is 29.8 Å². The maximum Gasteiger partial charge on any atom is 0.309 e. The Morgan fingerprint density at radius 2 is 1.64 bits per heavy atom. The van der Waals surface area contributed by atoms with Gasteiger partial charge in [0.05, 0.1) is 24.5 Å². The Labute approximate surface area is 301 Å². The largest absolute Gasteiger partial charge is 0.481 e. The third kappa shape index (κ3) is 5.49. The van der Waals surface area contributed by atoms with Gasteiger partial charge >= 0.3 is 11.9 Å². The first-order valence-electron chi connectivity index (χ1n) is 19.9. The van der Waals surface area contributed by atoms with Gasteiger partial charge in [-0.25, -0.2) is 0 Å². The van der Waals surface area contributed by atoms with E-state index in [1.807, 2.05) is 0 Å². The van der Waals surface area contributed by atoms with E-state index >= 15 is 0 Å². The van der Waals surface area contributed by atoms with E-state index in [1.165, 1.54) is 5.57 Å². The average Bonchev–Trinajstić information content (AvgIpc) is 3.60. The molecule has 50 heavy (non-hydrogen) atoms. The first-order chi connectivity index (χ1) is 23.2. The highest BCUT2D eigenvalue weighted by Crippen LogP contribution is 2.77. The van der Waals surface area contributed by atoms with Gasteiger partial charge < -0.3 is 20.1 Å². The lowest BCUT2D eigenvalue weighted by Crippen LogP contribution is -2.66. The zero-order valence-electron chi connectivity index (χ0n) is 32.6. The van der Waals surface area contributed by atoms with E-state index in [1.54, 1.807) is 13.8 Å². The van der Waals surface area contributed by atoms with Gasteiger partial charge in [-0.1, -0.05) is 54.0 Å². The van der Waals surface area contributed by atoms with Crippen LogP contribution in [0.15, 0.2) is 11.1 Å². The van der Waals surface area contributed by atoms with Gasteiger partial charge in [-0.3, -0.25) is 19.3 Å². The molecule has 1 aliphatic heterocycles. The summed E-state index contributed by atoms with van der Waals surface area (Å²) >= 11 is 0. The molecule has 8 nitrogen and oxygen atoms in total. The Hall–Kier alpha value is -1.77. The average molecular weight is 698 g/mol. The number of hydrogen-bond acceptors (Lipinski definition) is 7. The summed E-state index contributed by atoms with van der Waals surface area (Å²) in [6.45, 7) is 21.1. The number of hydrogen-bond donors (Lipinski definition) is 3. The molecule has 1 heterocycles. The van der Waals surface area contributed by atoms with Gasteiger partial charge in [0.15, 0.2) is 5.78 Å². The molecule has 0 aromatic heterocycles. The summed E-state index contributed by atoms with van der Waals surface area (Å²) in [6.07, 6.45) is 9.23. The fourth-order valence-corrected chi connectivity index (χ4v) is 13.7. The van der Waals surface area contributed by atoms with Crippen molar-refractivity contribution in [2.75, 3.05) is 19.7 Å². The Kier molecular flexibility index (Phi) is 9.63. The minimum atomic E-state index is -1.16. The van der Waals surface area contributed by atoms with E-state index in [9.17, 15) is 29.7 Å². The van der Waals surface area contributed by atoms with Crippen LogP contribution < -0.4 is 0 Å². The number of allylic oxidation sites excluding steroid dienone is 1. The number of rotatable bonds is 9. The number of aliphatic carboxylic acids is 1. The minimum absolute atomic E-state index is 0.00956. The molecule has 3 N–H and O–H groups in total. The number of esters is 1. The van der Waals surface area contributed by atoms with E-state index in [0.29, 0.717) is 24.8 Å². The third-order valence-corrected chi connectivity index (χ3v) is 16.6. The lowest BCUT2D eigenvalue weighted by atomic mass is 9.33. The highest BCUT2D eigenvalue weighted by molar-refractivity contribution is 6.00. The van der Waals surface area contributed by atoms with Crippen molar-refractivity contribution in [2.24, 2.45) is 56.2 Å². The SMILES string of the molecule is CC(C)C1=C2C3CCC4C5(C)CCC(OC(=O)CC(C)(C)C(=O)O)C(C)(C)C5CCC4(C)C3(C)CCC2(C(O)CN2CCCC2CO)CC1=O. The molecule has 10 atom stereocenters. The first-order valence-corrected chi connectivity index (χ1v) is 19.9. The summed E-state index contributed by atoms with van der Waals surface area (Å²) in [5, 5.41) is 31.9. The van der Waals surface area contributed by atoms with Crippen molar-refractivity contribution >= 4 is 17.7 Å². The van der Waals surface area contributed by atoms with Crippen molar-refractivity contribution < 1.29 is 34.4 Å². The van der Waals surface area contributed by atoms with Crippen LogP contribution in [0.25, 0.3) is 0 Å². The highest BCUT2D eigenvalue weighted by atomic mass is 16.5. The maximum absolute atomic E-state index is 14.0. The van der Waals surface area contributed by atoms with Gasteiger partial charge in [0.1, 0.15) is 6.10 Å². The van der Waals surface area contributed by atoms with Crippen LogP contribution in [0.3, 0.4) is 0 Å². The van der Waals surface area contributed by atoms with Crippen molar-refractivity contribution in [3.63, 3.8) is 0 Å². The zero-order valence-corrected chi connectivity index (χ0v) is 32.6. The molecule has 5 fully saturated rings. The molecule has 0 radical (unpaired) electrons. The standard InChI is InChI=1S/C42H67NO7/c1-25(2)34-28(45)21-42(31(46)23-43-20-10-11-26(43)24-44)19-18-40(8)27(35(34)42)12-13-30-39(7)16-15-32(50-33(47)22-37(3,4)36(48)49)38(5,6)29(39)14-17-41(30,40)9/h25-27,29-32,44,46H,10-24H2,1-9H3,(H,48,49). The van der Waals surface area contributed by atoms with Crippen LogP contribution in [0.5, 0.6) is 0 Å². The Bertz CT molecular complexity index is 1420. The normalized spacial score (nSPS) is 42.1. The summed E-state index contributed by atoms with van der Waals surface area (Å²) in [4.78, 5) is 41.1. The van der Waals surface area contributed by atoms with Crippen LogP contribution in [0.1, 0.15) is 139 Å². The number of aliphatic hydroxyl groups is 2. The molecule has 0 spiro atoms. The number of carboxylic acid groups (broad SMARTS) is 1. The number of carbonyl (C=O) groups is 3. The van der Waals surface area contributed by atoms with Crippen LogP contribution in [-0.4, -0.2) is 75.9 Å². The smallest absolute Gasteiger partial charge is 0.309 e. The molecule has 0 amide bonds. The molecule has 282 valence electrons. The van der Waals surface area contributed by atoms with E-state index in [2.05, 4.69) is 53.4 Å². The third-order valence-electron chi connectivity index (χ3n) is 16.6. The highest BCUT2D eigenvalue weighted by Gasteiger charge is 2.71. The number of aliphatic hydroxyl groups excluding tert-OH is 2. The van der Waals surface area contributed by atoms with Gasteiger partial charge in [-0.2, -0.15) is 0 Å². The topological polar surface area (TPSA) is 124 Å². The van der Waals surface area contributed by atoms with Crippen molar-refractivity contribution in [2.45, 2.75) is 158 Å². The van der Waals surface area contributed by atoms with E-state index < -0.39 is 28.9 Å². The number of nitrogens with zero attached hydrogens (tertiary/aromatic N) is 1. The number of carbonyl (C=O) groups excluding carboxylic acids is 2. The molecule has 5 aliphatic carbocycles. The Morgan fingerprint density at radius 1 is 0.940 bits per heavy atom. The summed E-state index contributed by atoms with van der Waals surface area (Å²) in [5.74, 6) is 0.0611. The van der Waals surface area contributed by atoms with E-state index in [4.69, 9.17) is 4.74 Å². The van der Waals surface area contributed by atoms with E-state index in [0.717, 1.165) is 76.3 Å². The van der Waals surface area contributed by atoms with Crippen molar-refractivity contribution in [1.82, 2.24) is 4.90 Å². The summed E-state index contributed by atoms with van der Waals surface area (Å²) in [7, 11) is 0. The lowest BCUT2D eigenvalue weighted by molar-refractivity contribution is -0.235. The molecule has 4 saturated carbocycles. The molecule has 0 bridgehead atoms. The van der Waals surface area contributed by atoms with Crippen LogP contribution in [-0.2, 0) is 19.1 Å². The van der Waals surface area contributed by atoms with Gasteiger partial charge in [-0.05, 0) is 130 Å². The van der Waals surface area contributed by atoms with Crippen LogP contribution in [0.4, 0.5) is 0 Å². The Balaban J connectivity index is 1.29. The number of ketones is 1. The number of fused-ring (bicyclic) bond motifs is 7. The first kappa shape index (κ1) is 38.0. The molecular formula is C42H67NO7. The number of carboxylic acids is 1. The van der Waals surface area contributed by atoms with Crippen LogP contribution >= 0.6 is 0 Å². The molecule has 6 rings (SSSR count). The molecule has 0 aromatic carbocycles. The predicted molar refractivity (Wildman–Crippen MR) is 193 cm³/mol. The molecular weight excluding hydrogens is 630 g/mol. The quantitative estimate of drug-likeness (QED) is 0.216. The molecule has 10 unspecified atom stereocenters. The summed E-state index contributed by atoms with van der Waals surface area (Å²) < 4.78 is 6.16. The number of β-amino-alcohol motifs (C(OH)–C–C–N with tert-alkyl or cyclic N) is 1. The second kappa shape index (κ2) is 12.7. The molecule has 8 heteroatoms. The van der Waals surface area contributed by atoms with Crippen molar-refractivity contribution in [3.8, 4) is 0 Å². The Morgan fingerprint density at radius 3 is 2.28 bits per heavy atom. The predicted octanol–water partition coefficient (Wildman–Crippen LogP) is 7.20. The van der Waals surface area contributed by atoms with E-state index in [-0.39, 0.29) is 64.5 Å². The molecule has 0 aromatic rings. The monoisotopic (exact) mass is 697 g/mol. The van der Waals surface area contributed by atoms with Crippen LogP contribution in [0, 0.1) is 56.2 Å². The fraction of sp³-hybridized carbons (Fsp3) is 0.881. The van der Waals surface area contributed by atoms with Gasteiger partial charge in [0.25, 0.3) is 0 Å². The fourth-order valence-electron chi connectivity index (χ4n) is 13.7. The number of Topliss-reactive ketones (excluding diaryl/α,β-unsaturated/α-hetero) is 1. The number of likely N-dealkylation sites (tertiary alicyclic amines) is 1. The summed E-state index contributed by atoms with van der Waals surface area (Å²) in [5.41, 5.74) is 0.482. The van der Waals surface area contributed by atoms with Gasteiger partial charge in [-0.15, -0.1) is 0 Å². The number of ether oxygens (including phenoxy) is 1. The minimum Gasteiger partial charge on any atom is -0.481 e. The van der Waals surface area contributed by atoms with Crippen molar-refractivity contribution in [1.29, 1.82) is 0 Å². The van der Waals surface area contributed by atoms with Gasteiger partial charge in [0.2, 0.25) is 0 Å². The lowest BCUT2D eigenvalue weighted by Gasteiger charge is -2.72. The van der Waals surface area contributed by atoms with Crippen molar-refractivity contribution in [3.05, 3.63) is 11.1 Å². The molecule has 6 aliphatic rings. The second-order valence-corrected chi connectivity index (χ2v) is 20.0. The van der Waals surface area contributed by atoms with Crippen LogP contribution in [0.2, 0.25) is 0 Å². The second-order valence-electron chi connectivity index (χ2n) is 20.0.